The molecule has 5 heteroatoms. The summed E-state index contributed by atoms with van der Waals surface area (Å²) in [5.41, 5.74) is 0. The maximum absolute atomic E-state index is 11.2. The van der Waals surface area contributed by atoms with Crippen LogP contribution in [0.4, 0.5) is 0 Å². The summed E-state index contributed by atoms with van der Waals surface area (Å²) in [6, 6.07) is 0. The molecule has 88 valence electrons. The number of carbonyl (C=O) groups excluding carboxylic acids is 2. The van der Waals surface area contributed by atoms with Gasteiger partial charge in [0.1, 0.15) is 0 Å². The molecule has 15 heavy (non-hydrogen) atoms. The number of carbonyl (C=O) groups is 2. The lowest BCUT2D eigenvalue weighted by atomic mass is 10.2. The fraction of sp³-hybridized carbons (Fsp3) is 0.800. The molecule has 0 N–H and O–H groups in total. The molecule has 0 spiro atoms. The van der Waals surface area contributed by atoms with Crippen molar-refractivity contribution in [1.29, 1.82) is 0 Å². The predicted molar refractivity (Wildman–Crippen MR) is 53.3 cm³/mol. The van der Waals surface area contributed by atoms with Gasteiger partial charge in [0, 0.05) is 13.5 Å². The fourth-order valence-corrected chi connectivity index (χ4v) is 1.05. The van der Waals surface area contributed by atoms with Crippen LogP contribution in [0.25, 0.3) is 0 Å². The lowest BCUT2D eigenvalue weighted by molar-refractivity contribution is -0.156. The third-order valence-corrected chi connectivity index (χ3v) is 1.75. The van der Waals surface area contributed by atoms with Crippen molar-refractivity contribution in [2.24, 2.45) is 0 Å². The van der Waals surface area contributed by atoms with E-state index in [1.165, 1.54) is 7.11 Å². The molecule has 0 heterocycles. The Kier molecular flexibility index (Phi) is 7.62. The molecule has 0 aliphatic rings. The second-order valence-corrected chi connectivity index (χ2v) is 2.82. The second kappa shape index (κ2) is 8.23. The Morgan fingerprint density at radius 3 is 2.20 bits per heavy atom. The van der Waals surface area contributed by atoms with Crippen LogP contribution in [0.15, 0.2) is 0 Å². The van der Waals surface area contributed by atoms with Gasteiger partial charge in [-0.05, 0) is 20.3 Å². The Labute approximate surface area is 89.7 Å². The van der Waals surface area contributed by atoms with Gasteiger partial charge in [0.2, 0.25) is 0 Å². The van der Waals surface area contributed by atoms with Crippen LogP contribution in [0.2, 0.25) is 0 Å². The van der Waals surface area contributed by atoms with Crippen LogP contribution in [-0.4, -0.2) is 38.4 Å². The molecule has 1 atom stereocenters. The van der Waals surface area contributed by atoms with Gasteiger partial charge in [-0.1, -0.05) is 0 Å². The van der Waals surface area contributed by atoms with Crippen LogP contribution in [0.1, 0.15) is 26.7 Å². The molecule has 0 amide bonds. The van der Waals surface area contributed by atoms with Crippen molar-refractivity contribution in [3.63, 3.8) is 0 Å². The fourth-order valence-electron chi connectivity index (χ4n) is 1.05. The van der Waals surface area contributed by atoms with Crippen LogP contribution in [0, 0.1) is 0 Å². The first-order valence-electron chi connectivity index (χ1n) is 5.00. The molecule has 0 radical (unpaired) electrons. The Bertz CT molecular complexity index is 202. The molecule has 0 saturated heterocycles. The van der Waals surface area contributed by atoms with E-state index in [0.29, 0.717) is 13.2 Å². The van der Waals surface area contributed by atoms with Gasteiger partial charge < -0.3 is 14.2 Å². The molecule has 0 aromatic carbocycles. The Morgan fingerprint density at radius 1 is 1.13 bits per heavy atom. The van der Waals surface area contributed by atoms with Crippen LogP contribution < -0.4 is 0 Å². The van der Waals surface area contributed by atoms with E-state index in [0.717, 1.165) is 0 Å². The van der Waals surface area contributed by atoms with Gasteiger partial charge in [0.25, 0.3) is 0 Å². The molecule has 0 saturated carbocycles. The third kappa shape index (κ3) is 6.06. The van der Waals surface area contributed by atoms with Crippen molar-refractivity contribution >= 4 is 11.9 Å². The monoisotopic (exact) mass is 218 g/mol. The molecule has 0 rings (SSSR count). The number of hydrogen-bond donors (Lipinski definition) is 0. The zero-order valence-corrected chi connectivity index (χ0v) is 9.45. The number of esters is 2. The molecule has 0 aromatic heterocycles. The van der Waals surface area contributed by atoms with E-state index in [-0.39, 0.29) is 18.8 Å². The molecular formula is C10H18O5. The van der Waals surface area contributed by atoms with Gasteiger partial charge in [-0.25, -0.2) is 4.79 Å². The van der Waals surface area contributed by atoms with E-state index in [9.17, 15) is 9.59 Å². The molecular weight excluding hydrogens is 200 g/mol. The Hall–Kier alpha value is -1.10. The number of methoxy groups -OCH3 is 1. The standard InChI is InChI=1S/C10H18O5/c1-4-14-9(11)7-6-8(13-3)10(12)15-5-2/h8H,4-7H2,1-3H3. The van der Waals surface area contributed by atoms with Crippen molar-refractivity contribution in [1.82, 2.24) is 0 Å². The number of rotatable bonds is 7. The van der Waals surface area contributed by atoms with Gasteiger partial charge in [-0.3, -0.25) is 4.79 Å². The van der Waals surface area contributed by atoms with Gasteiger partial charge in [-0.15, -0.1) is 0 Å². The average Bonchev–Trinajstić information content (AvgIpc) is 2.19. The molecule has 0 fully saturated rings. The van der Waals surface area contributed by atoms with Crippen molar-refractivity contribution < 1.29 is 23.8 Å². The second-order valence-electron chi connectivity index (χ2n) is 2.82. The lowest BCUT2D eigenvalue weighted by Crippen LogP contribution is -2.26. The lowest BCUT2D eigenvalue weighted by Gasteiger charge is -2.12. The van der Waals surface area contributed by atoms with E-state index in [2.05, 4.69) is 0 Å². The molecule has 0 aliphatic heterocycles. The van der Waals surface area contributed by atoms with Crippen molar-refractivity contribution in [2.75, 3.05) is 20.3 Å². The minimum atomic E-state index is -0.686. The van der Waals surface area contributed by atoms with E-state index >= 15 is 0 Å². The van der Waals surface area contributed by atoms with E-state index in [4.69, 9.17) is 14.2 Å². The Balaban J connectivity index is 3.89. The SMILES string of the molecule is CCOC(=O)CCC(OC)C(=O)OCC. The summed E-state index contributed by atoms with van der Waals surface area (Å²) >= 11 is 0. The summed E-state index contributed by atoms with van der Waals surface area (Å²) in [4.78, 5) is 22.3. The van der Waals surface area contributed by atoms with Gasteiger partial charge in [-0.2, -0.15) is 0 Å². The number of hydrogen-bond acceptors (Lipinski definition) is 5. The molecule has 0 bridgehead atoms. The average molecular weight is 218 g/mol. The quantitative estimate of drug-likeness (QED) is 0.594. The molecule has 1 unspecified atom stereocenters. The summed E-state index contributed by atoms with van der Waals surface area (Å²) in [5, 5.41) is 0. The predicted octanol–water partition coefficient (Wildman–Crippen LogP) is 0.908. The van der Waals surface area contributed by atoms with Crippen LogP contribution in [0.3, 0.4) is 0 Å². The zero-order chi connectivity index (χ0) is 11.7. The summed E-state index contributed by atoms with van der Waals surface area (Å²) in [5.74, 6) is -0.770. The summed E-state index contributed by atoms with van der Waals surface area (Å²) in [6.45, 7) is 4.10. The zero-order valence-electron chi connectivity index (χ0n) is 9.45. The molecule has 0 aliphatic carbocycles. The van der Waals surface area contributed by atoms with Crippen molar-refractivity contribution in [3.05, 3.63) is 0 Å². The topological polar surface area (TPSA) is 61.8 Å². The van der Waals surface area contributed by atoms with Gasteiger partial charge in [0.05, 0.1) is 13.2 Å². The normalized spacial score (nSPS) is 11.9. The van der Waals surface area contributed by atoms with Crippen LogP contribution in [0.5, 0.6) is 0 Å². The highest BCUT2D eigenvalue weighted by atomic mass is 16.6. The van der Waals surface area contributed by atoms with Crippen LogP contribution >= 0.6 is 0 Å². The minimum Gasteiger partial charge on any atom is -0.466 e. The Morgan fingerprint density at radius 2 is 1.73 bits per heavy atom. The summed E-state index contributed by atoms with van der Waals surface area (Å²) in [6.07, 6.45) is -0.242. The summed E-state index contributed by atoms with van der Waals surface area (Å²) < 4.78 is 14.4. The highest BCUT2D eigenvalue weighted by molar-refractivity contribution is 5.76. The molecule has 0 aromatic rings. The van der Waals surface area contributed by atoms with Crippen LogP contribution in [-0.2, 0) is 23.8 Å². The van der Waals surface area contributed by atoms with Gasteiger partial charge in [0.15, 0.2) is 6.10 Å². The molecule has 5 nitrogen and oxygen atoms in total. The maximum Gasteiger partial charge on any atom is 0.335 e. The summed E-state index contributed by atoms with van der Waals surface area (Å²) in [7, 11) is 1.41. The highest BCUT2D eigenvalue weighted by Gasteiger charge is 2.20. The van der Waals surface area contributed by atoms with E-state index in [1.807, 2.05) is 0 Å². The first kappa shape index (κ1) is 13.9. The minimum absolute atomic E-state index is 0.158. The van der Waals surface area contributed by atoms with E-state index < -0.39 is 12.1 Å². The van der Waals surface area contributed by atoms with E-state index in [1.54, 1.807) is 13.8 Å². The largest absolute Gasteiger partial charge is 0.466 e. The first-order chi connectivity index (χ1) is 7.15. The number of ether oxygens (including phenoxy) is 3. The van der Waals surface area contributed by atoms with Gasteiger partial charge >= 0.3 is 11.9 Å². The van der Waals surface area contributed by atoms with Crippen molar-refractivity contribution in [2.45, 2.75) is 32.8 Å². The highest BCUT2D eigenvalue weighted by Crippen LogP contribution is 2.05. The first-order valence-corrected chi connectivity index (χ1v) is 5.00. The smallest absolute Gasteiger partial charge is 0.335 e. The third-order valence-electron chi connectivity index (χ3n) is 1.75. The maximum atomic E-state index is 11.2. The van der Waals surface area contributed by atoms with Crippen molar-refractivity contribution in [3.8, 4) is 0 Å².